The van der Waals surface area contributed by atoms with E-state index in [-0.39, 0.29) is 0 Å². The quantitative estimate of drug-likeness (QED) is 0.805. The van der Waals surface area contributed by atoms with Crippen LogP contribution in [-0.2, 0) is 0 Å². The first-order valence-corrected chi connectivity index (χ1v) is 8.75. The SMILES string of the molecule is CCC1CNC(c2ccccc2)CN1CCCSC. The Labute approximate surface area is 122 Å². The van der Waals surface area contributed by atoms with Crippen molar-refractivity contribution in [3.05, 3.63) is 35.9 Å². The summed E-state index contributed by atoms with van der Waals surface area (Å²) in [6.07, 6.45) is 4.74. The Bertz CT molecular complexity index is 355. The Morgan fingerprint density at radius 2 is 2.11 bits per heavy atom. The van der Waals surface area contributed by atoms with Crippen molar-refractivity contribution < 1.29 is 0 Å². The summed E-state index contributed by atoms with van der Waals surface area (Å²) in [5.41, 5.74) is 1.42. The Hall–Kier alpha value is -0.510. The Morgan fingerprint density at radius 3 is 2.79 bits per heavy atom. The molecule has 1 aromatic rings. The average molecular weight is 278 g/mol. The van der Waals surface area contributed by atoms with Crippen molar-refractivity contribution in [1.82, 2.24) is 10.2 Å². The summed E-state index contributed by atoms with van der Waals surface area (Å²) in [4.78, 5) is 2.68. The van der Waals surface area contributed by atoms with Gasteiger partial charge in [0.2, 0.25) is 0 Å². The van der Waals surface area contributed by atoms with Crippen LogP contribution in [0.15, 0.2) is 30.3 Å². The summed E-state index contributed by atoms with van der Waals surface area (Å²) < 4.78 is 0. The van der Waals surface area contributed by atoms with E-state index in [0.717, 1.165) is 13.1 Å². The second-order valence-corrected chi connectivity index (χ2v) is 6.26. The highest BCUT2D eigenvalue weighted by Crippen LogP contribution is 2.21. The fraction of sp³-hybridized carbons (Fsp3) is 0.625. The summed E-state index contributed by atoms with van der Waals surface area (Å²) in [6.45, 7) is 5.81. The van der Waals surface area contributed by atoms with E-state index < -0.39 is 0 Å². The van der Waals surface area contributed by atoms with Crippen LogP contribution < -0.4 is 5.32 Å². The molecule has 0 spiro atoms. The van der Waals surface area contributed by atoms with E-state index in [4.69, 9.17) is 0 Å². The van der Waals surface area contributed by atoms with Gasteiger partial charge in [-0.15, -0.1) is 0 Å². The molecule has 1 aliphatic rings. The number of nitrogens with one attached hydrogen (secondary N) is 1. The lowest BCUT2D eigenvalue weighted by molar-refractivity contribution is 0.127. The molecule has 0 aromatic heterocycles. The molecule has 2 atom stereocenters. The summed E-state index contributed by atoms with van der Waals surface area (Å²) in [5.74, 6) is 1.27. The molecule has 1 aromatic carbocycles. The molecule has 2 rings (SSSR count). The third-order valence-electron chi connectivity index (χ3n) is 4.00. The number of nitrogens with zero attached hydrogens (tertiary/aromatic N) is 1. The van der Waals surface area contributed by atoms with Crippen molar-refractivity contribution in [2.45, 2.75) is 31.8 Å². The third kappa shape index (κ3) is 4.23. The van der Waals surface area contributed by atoms with Gasteiger partial charge in [0, 0.05) is 25.2 Å². The molecule has 1 N–H and O–H groups in total. The third-order valence-corrected chi connectivity index (χ3v) is 4.70. The minimum absolute atomic E-state index is 0.498. The molecule has 2 unspecified atom stereocenters. The summed E-state index contributed by atoms with van der Waals surface area (Å²) in [6, 6.07) is 12.1. The van der Waals surface area contributed by atoms with Gasteiger partial charge in [0.1, 0.15) is 0 Å². The lowest BCUT2D eigenvalue weighted by Gasteiger charge is -2.40. The smallest absolute Gasteiger partial charge is 0.0449 e. The molecule has 0 amide bonds. The van der Waals surface area contributed by atoms with Gasteiger partial charge in [0.05, 0.1) is 0 Å². The van der Waals surface area contributed by atoms with Gasteiger partial charge in [-0.3, -0.25) is 4.90 Å². The Kier molecular flexibility index (Phi) is 6.21. The predicted octanol–water partition coefficient (Wildman–Crippen LogP) is 3.16. The summed E-state index contributed by atoms with van der Waals surface area (Å²) in [5, 5.41) is 3.71. The normalized spacial score (nSPS) is 24.5. The highest BCUT2D eigenvalue weighted by atomic mass is 32.2. The van der Waals surface area contributed by atoms with Crippen LogP contribution in [0, 0.1) is 0 Å². The Balaban J connectivity index is 1.95. The molecular weight excluding hydrogens is 252 g/mol. The second-order valence-electron chi connectivity index (χ2n) is 5.27. The maximum absolute atomic E-state index is 3.71. The zero-order valence-electron chi connectivity index (χ0n) is 12.1. The molecule has 19 heavy (non-hydrogen) atoms. The topological polar surface area (TPSA) is 15.3 Å². The zero-order valence-corrected chi connectivity index (χ0v) is 13.0. The second kappa shape index (κ2) is 7.93. The predicted molar refractivity (Wildman–Crippen MR) is 85.8 cm³/mol. The molecule has 0 aliphatic carbocycles. The highest BCUT2D eigenvalue weighted by Gasteiger charge is 2.26. The lowest BCUT2D eigenvalue weighted by atomic mass is 10.0. The van der Waals surface area contributed by atoms with E-state index in [0.29, 0.717) is 12.1 Å². The van der Waals surface area contributed by atoms with E-state index in [9.17, 15) is 0 Å². The number of piperazine rings is 1. The van der Waals surface area contributed by atoms with Crippen molar-refractivity contribution in [1.29, 1.82) is 0 Å². The van der Waals surface area contributed by atoms with Gasteiger partial charge in [-0.25, -0.2) is 0 Å². The van der Waals surface area contributed by atoms with Gasteiger partial charge in [0.25, 0.3) is 0 Å². The van der Waals surface area contributed by atoms with Crippen LogP contribution in [-0.4, -0.2) is 42.6 Å². The molecule has 2 nitrogen and oxygen atoms in total. The van der Waals surface area contributed by atoms with E-state index in [1.54, 1.807) is 0 Å². The summed E-state index contributed by atoms with van der Waals surface area (Å²) in [7, 11) is 0. The minimum atomic E-state index is 0.498. The first-order valence-electron chi connectivity index (χ1n) is 7.36. The van der Waals surface area contributed by atoms with E-state index in [2.05, 4.69) is 53.7 Å². The maximum atomic E-state index is 3.71. The zero-order chi connectivity index (χ0) is 13.5. The highest BCUT2D eigenvalue weighted by molar-refractivity contribution is 7.98. The monoisotopic (exact) mass is 278 g/mol. The molecule has 1 fully saturated rings. The minimum Gasteiger partial charge on any atom is -0.307 e. The van der Waals surface area contributed by atoms with Crippen LogP contribution in [0.4, 0.5) is 0 Å². The molecule has 106 valence electrons. The van der Waals surface area contributed by atoms with E-state index in [1.165, 1.54) is 30.7 Å². The number of hydrogen-bond acceptors (Lipinski definition) is 3. The van der Waals surface area contributed by atoms with Crippen molar-refractivity contribution in [2.75, 3.05) is 31.6 Å². The Morgan fingerprint density at radius 1 is 1.32 bits per heavy atom. The molecule has 1 saturated heterocycles. The van der Waals surface area contributed by atoms with Crippen LogP contribution >= 0.6 is 11.8 Å². The van der Waals surface area contributed by atoms with Gasteiger partial charge in [-0.1, -0.05) is 37.3 Å². The van der Waals surface area contributed by atoms with Crippen molar-refractivity contribution in [3.8, 4) is 0 Å². The van der Waals surface area contributed by atoms with Gasteiger partial charge < -0.3 is 5.32 Å². The molecule has 1 aliphatic heterocycles. The first kappa shape index (κ1) is 14.9. The number of hydrogen-bond donors (Lipinski definition) is 1. The number of rotatable bonds is 6. The first-order chi connectivity index (χ1) is 9.35. The van der Waals surface area contributed by atoms with Gasteiger partial charge in [-0.05, 0) is 37.0 Å². The number of benzene rings is 1. The maximum Gasteiger partial charge on any atom is 0.0449 e. The van der Waals surface area contributed by atoms with Crippen LogP contribution in [0.5, 0.6) is 0 Å². The molecule has 0 bridgehead atoms. The standard InChI is InChI=1S/C16H26N2S/c1-3-15-12-17-16(14-8-5-4-6-9-14)13-18(15)10-7-11-19-2/h4-6,8-9,15-17H,3,7,10-13H2,1-2H3. The van der Waals surface area contributed by atoms with E-state index >= 15 is 0 Å². The fourth-order valence-electron chi connectivity index (χ4n) is 2.85. The largest absolute Gasteiger partial charge is 0.307 e. The van der Waals surface area contributed by atoms with Crippen LogP contribution in [0.2, 0.25) is 0 Å². The van der Waals surface area contributed by atoms with Crippen molar-refractivity contribution in [3.63, 3.8) is 0 Å². The molecule has 1 heterocycles. The molecule has 0 radical (unpaired) electrons. The fourth-order valence-corrected chi connectivity index (χ4v) is 3.27. The van der Waals surface area contributed by atoms with Crippen LogP contribution in [0.3, 0.4) is 0 Å². The average Bonchev–Trinajstić information content (AvgIpc) is 2.48. The molecular formula is C16H26N2S. The lowest BCUT2D eigenvalue weighted by Crippen LogP contribution is -2.52. The number of thioether (sulfide) groups is 1. The summed E-state index contributed by atoms with van der Waals surface area (Å²) >= 11 is 1.95. The van der Waals surface area contributed by atoms with Crippen LogP contribution in [0.25, 0.3) is 0 Å². The van der Waals surface area contributed by atoms with Crippen LogP contribution in [0.1, 0.15) is 31.4 Å². The van der Waals surface area contributed by atoms with Gasteiger partial charge in [0.15, 0.2) is 0 Å². The van der Waals surface area contributed by atoms with Gasteiger partial charge >= 0.3 is 0 Å². The van der Waals surface area contributed by atoms with Crippen molar-refractivity contribution >= 4 is 11.8 Å². The molecule has 0 saturated carbocycles. The van der Waals surface area contributed by atoms with E-state index in [1.807, 2.05) is 11.8 Å². The van der Waals surface area contributed by atoms with Gasteiger partial charge in [-0.2, -0.15) is 11.8 Å². The molecule has 3 heteroatoms. The van der Waals surface area contributed by atoms with Crippen molar-refractivity contribution in [2.24, 2.45) is 0 Å².